The third-order valence-electron chi connectivity index (χ3n) is 3.48. The highest BCUT2D eigenvalue weighted by molar-refractivity contribution is 7.86. The number of nitrogens with one attached hydrogen (secondary N) is 1. The second kappa shape index (κ2) is 8.91. The van der Waals surface area contributed by atoms with Gasteiger partial charge in [-0.3, -0.25) is 0 Å². The monoisotopic (exact) mass is 309 g/mol. The van der Waals surface area contributed by atoms with E-state index in [1.807, 2.05) is 7.05 Å². The molecule has 0 aliphatic carbocycles. The molecule has 1 aliphatic heterocycles. The molecule has 0 aromatic rings. The molecule has 0 saturated carbocycles. The fraction of sp³-hybridized carbons (Fsp3) is 1.00. The first kappa shape index (κ1) is 17.8. The van der Waals surface area contributed by atoms with Crippen LogP contribution in [0.5, 0.6) is 0 Å². The smallest absolute Gasteiger partial charge is 0.282 e. The lowest BCUT2D eigenvalue weighted by Crippen LogP contribution is -2.45. The summed E-state index contributed by atoms with van der Waals surface area (Å²) in [5, 5.41) is 3.10. The highest BCUT2D eigenvalue weighted by Gasteiger charge is 2.34. The molecular weight excluding hydrogens is 282 g/mol. The Morgan fingerprint density at radius 3 is 2.35 bits per heavy atom. The van der Waals surface area contributed by atoms with Gasteiger partial charge >= 0.3 is 0 Å². The molecule has 0 amide bonds. The zero-order valence-electron chi connectivity index (χ0n) is 12.7. The lowest BCUT2D eigenvalue weighted by atomic mass is 10.1. The van der Waals surface area contributed by atoms with E-state index in [1.54, 1.807) is 18.5 Å². The van der Waals surface area contributed by atoms with Gasteiger partial charge in [-0.25, -0.2) is 0 Å². The van der Waals surface area contributed by atoms with Crippen molar-refractivity contribution in [1.82, 2.24) is 13.9 Å². The Morgan fingerprint density at radius 1 is 1.25 bits per heavy atom. The van der Waals surface area contributed by atoms with E-state index in [-0.39, 0.29) is 0 Å². The summed E-state index contributed by atoms with van der Waals surface area (Å²) >= 11 is 0. The van der Waals surface area contributed by atoms with Crippen molar-refractivity contribution in [2.75, 3.05) is 67.2 Å². The molecule has 1 atom stereocenters. The van der Waals surface area contributed by atoms with Gasteiger partial charge in [0.15, 0.2) is 0 Å². The van der Waals surface area contributed by atoms with E-state index in [2.05, 4.69) is 5.32 Å². The van der Waals surface area contributed by atoms with Crippen molar-refractivity contribution in [3.63, 3.8) is 0 Å². The van der Waals surface area contributed by atoms with Gasteiger partial charge in [0.1, 0.15) is 0 Å². The molecule has 0 bridgehead atoms. The molecule has 1 unspecified atom stereocenters. The molecule has 8 heteroatoms. The van der Waals surface area contributed by atoms with Crippen molar-refractivity contribution >= 4 is 10.2 Å². The van der Waals surface area contributed by atoms with Gasteiger partial charge in [-0.1, -0.05) is 0 Å². The maximum absolute atomic E-state index is 12.6. The van der Waals surface area contributed by atoms with Crippen LogP contribution in [-0.2, 0) is 19.7 Å². The Labute approximate surface area is 122 Å². The standard InChI is InChI=1S/C12H27N3O4S/c1-13-10-12-4-5-15(11-12)20(16,17)14(6-8-18-2)7-9-19-3/h12-13H,4-11H2,1-3H3. The Bertz CT molecular complexity index is 356. The van der Waals surface area contributed by atoms with Crippen molar-refractivity contribution in [3.05, 3.63) is 0 Å². The van der Waals surface area contributed by atoms with Crippen molar-refractivity contribution in [2.24, 2.45) is 5.92 Å². The summed E-state index contributed by atoms with van der Waals surface area (Å²) in [7, 11) is 1.61. The molecule has 1 N–H and O–H groups in total. The van der Waals surface area contributed by atoms with E-state index >= 15 is 0 Å². The van der Waals surface area contributed by atoms with E-state index in [1.165, 1.54) is 4.31 Å². The van der Waals surface area contributed by atoms with Gasteiger partial charge in [0, 0.05) is 40.4 Å². The number of nitrogens with zero attached hydrogens (tertiary/aromatic N) is 2. The number of methoxy groups -OCH3 is 2. The molecule has 1 fully saturated rings. The Kier molecular flexibility index (Phi) is 7.93. The van der Waals surface area contributed by atoms with Crippen molar-refractivity contribution < 1.29 is 17.9 Å². The van der Waals surface area contributed by atoms with E-state index < -0.39 is 10.2 Å². The second-order valence-electron chi connectivity index (χ2n) is 4.96. The van der Waals surface area contributed by atoms with Crippen LogP contribution in [0.4, 0.5) is 0 Å². The minimum Gasteiger partial charge on any atom is -0.383 e. The average molecular weight is 309 g/mol. The molecular formula is C12H27N3O4S. The summed E-state index contributed by atoms with van der Waals surface area (Å²) in [4.78, 5) is 0. The quantitative estimate of drug-likeness (QED) is 0.582. The molecule has 1 aliphatic rings. The molecule has 7 nitrogen and oxygen atoms in total. The summed E-state index contributed by atoms with van der Waals surface area (Å²) < 4.78 is 38.2. The fourth-order valence-corrected chi connectivity index (χ4v) is 4.03. The summed E-state index contributed by atoms with van der Waals surface area (Å²) in [5.74, 6) is 0.390. The van der Waals surface area contributed by atoms with Crippen LogP contribution in [-0.4, -0.2) is 84.2 Å². The number of hydrogen-bond donors (Lipinski definition) is 1. The van der Waals surface area contributed by atoms with Crippen LogP contribution in [0.3, 0.4) is 0 Å². The van der Waals surface area contributed by atoms with Gasteiger partial charge in [-0.15, -0.1) is 0 Å². The Hall–Kier alpha value is -0.250. The van der Waals surface area contributed by atoms with Crippen LogP contribution in [0, 0.1) is 5.92 Å². The summed E-state index contributed by atoms with van der Waals surface area (Å²) in [6, 6.07) is 0. The van der Waals surface area contributed by atoms with E-state index in [0.717, 1.165) is 13.0 Å². The summed E-state index contributed by atoms with van der Waals surface area (Å²) in [5.41, 5.74) is 0. The highest BCUT2D eigenvalue weighted by atomic mass is 32.2. The lowest BCUT2D eigenvalue weighted by molar-refractivity contribution is 0.147. The van der Waals surface area contributed by atoms with Gasteiger partial charge in [-0.05, 0) is 25.9 Å². The molecule has 120 valence electrons. The van der Waals surface area contributed by atoms with Gasteiger partial charge in [-0.2, -0.15) is 17.0 Å². The molecule has 0 aromatic heterocycles. The van der Waals surface area contributed by atoms with Crippen LogP contribution in [0.15, 0.2) is 0 Å². The topological polar surface area (TPSA) is 71.1 Å². The average Bonchev–Trinajstić information content (AvgIpc) is 2.88. The number of ether oxygens (including phenoxy) is 2. The van der Waals surface area contributed by atoms with Gasteiger partial charge in [0.25, 0.3) is 10.2 Å². The number of rotatable bonds is 10. The van der Waals surface area contributed by atoms with Gasteiger partial charge < -0.3 is 14.8 Å². The maximum Gasteiger partial charge on any atom is 0.282 e. The lowest BCUT2D eigenvalue weighted by Gasteiger charge is -2.27. The first-order valence-corrected chi connectivity index (χ1v) is 8.33. The molecule has 1 rings (SSSR count). The normalized spacial score (nSPS) is 20.9. The Balaban J connectivity index is 2.66. The van der Waals surface area contributed by atoms with Crippen molar-refractivity contribution in [1.29, 1.82) is 0 Å². The van der Waals surface area contributed by atoms with E-state index in [9.17, 15) is 8.42 Å². The fourth-order valence-electron chi connectivity index (χ4n) is 2.35. The van der Waals surface area contributed by atoms with Crippen molar-refractivity contribution in [3.8, 4) is 0 Å². The minimum absolute atomic E-state index is 0.357. The summed E-state index contributed by atoms with van der Waals surface area (Å²) in [6.45, 7) is 3.51. The van der Waals surface area contributed by atoms with Crippen LogP contribution >= 0.6 is 0 Å². The molecule has 0 aromatic carbocycles. The van der Waals surface area contributed by atoms with Crippen LogP contribution in [0.25, 0.3) is 0 Å². The van der Waals surface area contributed by atoms with Gasteiger partial charge in [0.05, 0.1) is 13.2 Å². The van der Waals surface area contributed by atoms with Crippen LogP contribution < -0.4 is 5.32 Å². The first-order chi connectivity index (χ1) is 9.56. The zero-order valence-corrected chi connectivity index (χ0v) is 13.5. The van der Waals surface area contributed by atoms with E-state index in [0.29, 0.717) is 45.3 Å². The van der Waals surface area contributed by atoms with E-state index in [4.69, 9.17) is 9.47 Å². The molecule has 20 heavy (non-hydrogen) atoms. The van der Waals surface area contributed by atoms with Crippen molar-refractivity contribution in [2.45, 2.75) is 6.42 Å². The second-order valence-corrected chi connectivity index (χ2v) is 6.89. The SMILES string of the molecule is CNCC1CCN(S(=O)(=O)N(CCOC)CCOC)C1. The summed E-state index contributed by atoms with van der Waals surface area (Å²) in [6.07, 6.45) is 0.905. The number of hydrogen-bond acceptors (Lipinski definition) is 5. The maximum atomic E-state index is 12.6. The van der Waals surface area contributed by atoms with Crippen LogP contribution in [0.2, 0.25) is 0 Å². The Morgan fingerprint density at radius 2 is 1.85 bits per heavy atom. The molecule has 1 saturated heterocycles. The third kappa shape index (κ3) is 4.94. The predicted octanol–water partition coefficient (Wildman–Crippen LogP) is -0.633. The first-order valence-electron chi connectivity index (χ1n) is 6.94. The third-order valence-corrected chi connectivity index (χ3v) is 5.49. The van der Waals surface area contributed by atoms with Crippen LogP contribution in [0.1, 0.15) is 6.42 Å². The highest BCUT2D eigenvalue weighted by Crippen LogP contribution is 2.21. The molecule has 1 heterocycles. The van der Waals surface area contributed by atoms with Gasteiger partial charge in [0.2, 0.25) is 0 Å². The largest absolute Gasteiger partial charge is 0.383 e. The minimum atomic E-state index is -3.42. The predicted molar refractivity (Wildman–Crippen MR) is 77.9 cm³/mol. The zero-order chi connectivity index (χ0) is 15.0. The molecule has 0 spiro atoms. The molecule has 0 radical (unpaired) electrons.